The van der Waals surface area contributed by atoms with Crippen molar-refractivity contribution in [3.05, 3.63) is 11.8 Å². The number of amidine groups is 1. The van der Waals surface area contributed by atoms with Crippen LogP contribution in [0.5, 0.6) is 0 Å². The van der Waals surface area contributed by atoms with E-state index in [2.05, 4.69) is 43.0 Å². The van der Waals surface area contributed by atoms with E-state index in [1.165, 1.54) is 0 Å². The first-order valence-corrected chi connectivity index (χ1v) is 5.35. The molecule has 0 atom stereocenters. The highest BCUT2D eigenvalue weighted by atomic mass is 15.0. The Hall–Kier alpha value is -1.12. The van der Waals surface area contributed by atoms with Gasteiger partial charge in [-0.15, -0.1) is 0 Å². The zero-order valence-corrected chi connectivity index (χ0v) is 10.8. The third-order valence-corrected chi connectivity index (χ3v) is 1.57. The van der Waals surface area contributed by atoms with Crippen LogP contribution in [0.3, 0.4) is 0 Å². The van der Waals surface area contributed by atoms with E-state index < -0.39 is 0 Å². The molecule has 1 N–H and O–H groups in total. The maximum Gasteiger partial charge on any atom is 0.122 e. The summed E-state index contributed by atoms with van der Waals surface area (Å²) in [5.74, 6) is 0.869. The molecule has 15 heavy (non-hydrogen) atoms. The van der Waals surface area contributed by atoms with E-state index in [0.29, 0.717) is 0 Å². The lowest BCUT2D eigenvalue weighted by Crippen LogP contribution is -2.39. The Morgan fingerprint density at radius 2 is 1.93 bits per heavy atom. The molecule has 0 aromatic carbocycles. The van der Waals surface area contributed by atoms with Crippen LogP contribution >= 0.6 is 0 Å². The van der Waals surface area contributed by atoms with Gasteiger partial charge < -0.3 is 5.32 Å². The van der Waals surface area contributed by atoms with E-state index in [1.54, 1.807) is 7.05 Å². The lowest BCUT2D eigenvalue weighted by atomic mass is 10.1. The number of rotatable bonds is 3. The minimum Gasteiger partial charge on any atom is -0.366 e. The fraction of sp³-hybridized carbons (Fsp3) is 0.667. The lowest BCUT2D eigenvalue weighted by molar-refractivity contribution is 0.512. The Kier molecular flexibility index (Phi) is 5.90. The van der Waals surface area contributed by atoms with Gasteiger partial charge in [0.25, 0.3) is 0 Å². The fourth-order valence-electron chi connectivity index (χ4n) is 1.01. The van der Waals surface area contributed by atoms with Gasteiger partial charge in [0, 0.05) is 30.6 Å². The molecule has 86 valence electrons. The Morgan fingerprint density at radius 3 is 2.33 bits per heavy atom. The lowest BCUT2D eigenvalue weighted by Gasteiger charge is -2.21. The van der Waals surface area contributed by atoms with Crippen LogP contribution in [0.15, 0.2) is 21.8 Å². The predicted octanol–water partition coefficient (Wildman–Crippen LogP) is 2.79. The van der Waals surface area contributed by atoms with Crippen LogP contribution in [0, 0.1) is 0 Å². The summed E-state index contributed by atoms with van der Waals surface area (Å²) in [4.78, 5) is 8.45. The molecule has 3 heteroatoms. The van der Waals surface area contributed by atoms with Crippen LogP contribution in [0.1, 0.15) is 41.0 Å². The third kappa shape index (κ3) is 7.91. The van der Waals surface area contributed by atoms with Gasteiger partial charge in [-0.3, -0.25) is 9.98 Å². The van der Waals surface area contributed by atoms with Crippen LogP contribution in [-0.2, 0) is 0 Å². The van der Waals surface area contributed by atoms with Crippen molar-refractivity contribution in [2.75, 3.05) is 7.05 Å². The number of hydrogen-bond donors (Lipinski definition) is 1. The van der Waals surface area contributed by atoms with E-state index in [0.717, 1.165) is 18.0 Å². The molecule has 0 amide bonds. The van der Waals surface area contributed by atoms with Gasteiger partial charge in [-0.2, -0.15) is 0 Å². The van der Waals surface area contributed by atoms with Gasteiger partial charge in [-0.05, 0) is 34.1 Å². The second kappa shape index (κ2) is 6.38. The van der Waals surface area contributed by atoms with Crippen LogP contribution in [0.4, 0.5) is 0 Å². The first kappa shape index (κ1) is 13.9. The zero-order valence-electron chi connectivity index (χ0n) is 10.8. The van der Waals surface area contributed by atoms with Gasteiger partial charge in [0.05, 0.1) is 0 Å². The molecule has 0 fully saturated rings. The van der Waals surface area contributed by atoms with Crippen LogP contribution in [0.2, 0.25) is 0 Å². The fourth-order valence-corrected chi connectivity index (χ4v) is 1.01. The molecular weight excluding hydrogens is 186 g/mol. The molecule has 0 saturated carbocycles. The van der Waals surface area contributed by atoms with Gasteiger partial charge >= 0.3 is 0 Å². The predicted molar refractivity (Wildman–Crippen MR) is 68.8 cm³/mol. The molecular formula is C12H23N3. The number of allylic oxidation sites excluding steroid dienone is 1. The summed E-state index contributed by atoms with van der Waals surface area (Å²) < 4.78 is 0. The largest absolute Gasteiger partial charge is 0.366 e. The Bertz CT molecular complexity index is 267. The molecule has 0 radical (unpaired) electrons. The first-order chi connectivity index (χ1) is 6.89. The maximum atomic E-state index is 4.28. The third-order valence-electron chi connectivity index (χ3n) is 1.57. The van der Waals surface area contributed by atoms with Crippen LogP contribution < -0.4 is 5.32 Å². The SMILES string of the molecule is CCC=N/C(C)=C\C(=NC)NC(C)(C)C. The van der Waals surface area contributed by atoms with Crippen molar-refractivity contribution in [3.8, 4) is 0 Å². The van der Waals surface area contributed by atoms with Crippen molar-refractivity contribution in [1.29, 1.82) is 0 Å². The molecule has 0 aromatic heterocycles. The smallest absolute Gasteiger partial charge is 0.122 e. The van der Waals surface area contributed by atoms with Crippen molar-refractivity contribution in [1.82, 2.24) is 5.32 Å². The normalized spacial score (nSPS) is 14.8. The van der Waals surface area contributed by atoms with Crippen molar-refractivity contribution >= 4 is 12.1 Å². The maximum absolute atomic E-state index is 4.28. The second-order valence-electron chi connectivity index (χ2n) is 4.49. The Balaban J connectivity index is 4.53. The van der Waals surface area contributed by atoms with Gasteiger partial charge in [-0.25, -0.2) is 0 Å². The molecule has 0 saturated heterocycles. The van der Waals surface area contributed by atoms with Gasteiger partial charge in [0.2, 0.25) is 0 Å². The molecule has 0 aliphatic rings. The van der Waals surface area contributed by atoms with E-state index in [9.17, 15) is 0 Å². The standard InChI is InChI=1S/C12H23N3/c1-7-8-14-10(2)9-11(13-6)15-12(3,4)5/h8-9H,7H2,1-6H3,(H,13,15)/b10-9-,14-8?. The van der Waals surface area contributed by atoms with E-state index >= 15 is 0 Å². The molecule has 0 aliphatic carbocycles. The van der Waals surface area contributed by atoms with Crippen molar-refractivity contribution in [2.45, 2.75) is 46.6 Å². The zero-order chi connectivity index (χ0) is 11.9. The highest BCUT2D eigenvalue weighted by molar-refractivity contribution is 5.94. The van der Waals surface area contributed by atoms with Gasteiger partial charge in [0.1, 0.15) is 5.84 Å². The molecule has 0 aliphatic heterocycles. The molecule has 0 rings (SSSR count). The molecule has 3 nitrogen and oxygen atoms in total. The average Bonchev–Trinajstić information content (AvgIpc) is 2.11. The average molecular weight is 209 g/mol. The summed E-state index contributed by atoms with van der Waals surface area (Å²) in [6.45, 7) is 10.4. The quantitative estimate of drug-likeness (QED) is 0.563. The number of hydrogen-bond acceptors (Lipinski definition) is 2. The molecule has 0 heterocycles. The molecule has 0 bridgehead atoms. The monoisotopic (exact) mass is 209 g/mol. The van der Waals surface area contributed by atoms with Crippen LogP contribution in [0.25, 0.3) is 0 Å². The highest BCUT2D eigenvalue weighted by Gasteiger charge is 2.10. The van der Waals surface area contributed by atoms with Crippen molar-refractivity contribution < 1.29 is 0 Å². The number of nitrogens with zero attached hydrogens (tertiary/aromatic N) is 2. The number of aliphatic imine (C=N–C) groups is 2. The minimum absolute atomic E-state index is 0.0279. The van der Waals surface area contributed by atoms with E-state index in [1.807, 2.05) is 19.2 Å². The minimum atomic E-state index is 0.0279. The van der Waals surface area contributed by atoms with Crippen molar-refractivity contribution in [3.63, 3.8) is 0 Å². The van der Waals surface area contributed by atoms with Gasteiger partial charge in [0.15, 0.2) is 0 Å². The van der Waals surface area contributed by atoms with Crippen LogP contribution in [-0.4, -0.2) is 24.6 Å². The molecule has 0 spiro atoms. The first-order valence-electron chi connectivity index (χ1n) is 5.35. The van der Waals surface area contributed by atoms with E-state index in [4.69, 9.17) is 0 Å². The van der Waals surface area contributed by atoms with E-state index in [-0.39, 0.29) is 5.54 Å². The Morgan fingerprint density at radius 1 is 1.33 bits per heavy atom. The summed E-state index contributed by atoms with van der Waals surface area (Å²) in [5, 5.41) is 3.31. The summed E-state index contributed by atoms with van der Waals surface area (Å²) in [5.41, 5.74) is 0.995. The molecule has 0 aromatic rings. The second-order valence-corrected chi connectivity index (χ2v) is 4.49. The summed E-state index contributed by atoms with van der Waals surface area (Å²) in [6, 6.07) is 0. The highest BCUT2D eigenvalue weighted by Crippen LogP contribution is 2.01. The van der Waals surface area contributed by atoms with Gasteiger partial charge in [-0.1, -0.05) is 6.92 Å². The Labute approximate surface area is 93.4 Å². The molecule has 0 unspecified atom stereocenters. The topological polar surface area (TPSA) is 36.8 Å². The number of nitrogens with one attached hydrogen (secondary N) is 1. The summed E-state index contributed by atoms with van der Waals surface area (Å²) in [7, 11) is 1.78. The summed E-state index contributed by atoms with van der Waals surface area (Å²) in [6.07, 6.45) is 4.81. The summed E-state index contributed by atoms with van der Waals surface area (Å²) >= 11 is 0. The van der Waals surface area contributed by atoms with Crippen molar-refractivity contribution in [2.24, 2.45) is 9.98 Å².